The molecule has 0 aromatic heterocycles. The van der Waals surface area contributed by atoms with Crippen molar-refractivity contribution in [3.63, 3.8) is 0 Å². The van der Waals surface area contributed by atoms with Crippen LogP contribution in [0, 0.1) is 0 Å². The fourth-order valence-electron chi connectivity index (χ4n) is 3.01. The normalized spacial score (nSPS) is 17.7. The summed E-state index contributed by atoms with van der Waals surface area (Å²) in [6, 6.07) is 9.30. The first-order valence-corrected chi connectivity index (χ1v) is 10.3. The molecule has 1 aliphatic rings. The molecule has 1 aromatic carbocycles. The number of benzene rings is 1. The first kappa shape index (κ1) is 18.4. The van der Waals surface area contributed by atoms with Crippen molar-refractivity contribution in [2.45, 2.75) is 52.0 Å². The van der Waals surface area contributed by atoms with Crippen LogP contribution in [0.5, 0.6) is 0 Å². The van der Waals surface area contributed by atoms with E-state index in [1.54, 1.807) is 11.2 Å². The molecular formula is C18H30N2O2S. The monoisotopic (exact) mass is 338 g/mol. The van der Waals surface area contributed by atoms with E-state index >= 15 is 0 Å². The van der Waals surface area contributed by atoms with Crippen LogP contribution >= 0.6 is 0 Å². The van der Waals surface area contributed by atoms with Gasteiger partial charge in [0.15, 0.2) is 0 Å². The Morgan fingerprint density at radius 1 is 1.17 bits per heavy atom. The van der Waals surface area contributed by atoms with Gasteiger partial charge in [-0.1, -0.05) is 38.1 Å². The molecule has 0 saturated carbocycles. The van der Waals surface area contributed by atoms with Gasteiger partial charge in [-0.15, -0.1) is 0 Å². The Morgan fingerprint density at radius 2 is 1.78 bits per heavy atom. The average molecular weight is 339 g/mol. The molecule has 0 aliphatic carbocycles. The lowest BCUT2D eigenvalue weighted by molar-refractivity contribution is 0.291. The highest BCUT2D eigenvalue weighted by Crippen LogP contribution is 2.16. The van der Waals surface area contributed by atoms with E-state index in [1.807, 2.05) is 0 Å². The third-order valence-corrected chi connectivity index (χ3v) is 6.59. The highest BCUT2D eigenvalue weighted by Gasteiger charge is 2.26. The second kappa shape index (κ2) is 8.27. The number of hydrogen-bond acceptors (Lipinski definition) is 3. The molecule has 130 valence electrons. The molecule has 0 spiro atoms. The maximum atomic E-state index is 11.8. The molecule has 1 aromatic rings. The Hall–Kier alpha value is -0.910. The summed E-state index contributed by atoms with van der Waals surface area (Å²) in [4.78, 5) is 0. The van der Waals surface area contributed by atoms with Gasteiger partial charge in [-0.3, -0.25) is 0 Å². The standard InChI is InChI=1S/C18H30N2O2S/c1-4-23(21,22)20-13-10-18(11-14-20)19-12-9-16-5-7-17(8-6-16)15(2)3/h5-8,15,18-19H,4,9-14H2,1-3H3. The molecule has 1 N–H and O–H groups in total. The molecule has 1 saturated heterocycles. The van der Waals surface area contributed by atoms with Gasteiger partial charge in [0.2, 0.25) is 10.0 Å². The lowest BCUT2D eigenvalue weighted by Gasteiger charge is -2.31. The molecule has 0 bridgehead atoms. The van der Waals surface area contributed by atoms with Crippen LogP contribution in [0.25, 0.3) is 0 Å². The largest absolute Gasteiger partial charge is 0.314 e. The summed E-state index contributed by atoms with van der Waals surface area (Å²) in [6.45, 7) is 8.38. The van der Waals surface area contributed by atoms with Crippen LogP contribution in [-0.2, 0) is 16.4 Å². The Morgan fingerprint density at radius 3 is 2.30 bits per heavy atom. The van der Waals surface area contributed by atoms with Gasteiger partial charge in [-0.2, -0.15) is 0 Å². The summed E-state index contributed by atoms with van der Waals surface area (Å²) in [5, 5.41) is 3.58. The van der Waals surface area contributed by atoms with Crippen molar-refractivity contribution < 1.29 is 8.42 Å². The SMILES string of the molecule is CCS(=O)(=O)N1CCC(NCCc2ccc(C(C)C)cc2)CC1. The number of hydrogen-bond donors (Lipinski definition) is 1. The molecule has 0 unspecified atom stereocenters. The smallest absolute Gasteiger partial charge is 0.213 e. The van der Waals surface area contributed by atoms with Crippen molar-refractivity contribution >= 4 is 10.0 Å². The predicted molar refractivity (Wildman–Crippen MR) is 96.3 cm³/mol. The van der Waals surface area contributed by atoms with Crippen LogP contribution in [0.15, 0.2) is 24.3 Å². The van der Waals surface area contributed by atoms with E-state index in [9.17, 15) is 8.42 Å². The molecule has 1 fully saturated rings. The highest BCUT2D eigenvalue weighted by atomic mass is 32.2. The van der Waals surface area contributed by atoms with E-state index in [2.05, 4.69) is 43.4 Å². The molecule has 2 rings (SSSR count). The minimum atomic E-state index is -3.01. The van der Waals surface area contributed by atoms with Gasteiger partial charge in [0, 0.05) is 19.1 Å². The van der Waals surface area contributed by atoms with Gasteiger partial charge < -0.3 is 5.32 Å². The van der Waals surface area contributed by atoms with Crippen molar-refractivity contribution in [3.8, 4) is 0 Å². The molecule has 1 heterocycles. The lowest BCUT2D eigenvalue weighted by Crippen LogP contribution is -2.45. The van der Waals surface area contributed by atoms with Gasteiger partial charge in [-0.25, -0.2) is 12.7 Å². The first-order valence-electron chi connectivity index (χ1n) is 8.72. The fourth-order valence-corrected chi connectivity index (χ4v) is 4.14. The Labute approximate surface area is 141 Å². The molecular weight excluding hydrogens is 308 g/mol. The number of rotatable bonds is 7. The van der Waals surface area contributed by atoms with Crippen molar-refractivity contribution in [1.82, 2.24) is 9.62 Å². The molecule has 1 aliphatic heterocycles. The second-order valence-corrected chi connectivity index (χ2v) is 8.93. The third-order valence-electron chi connectivity index (χ3n) is 4.71. The molecule has 5 heteroatoms. The van der Waals surface area contributed by atoms with Crippen LogP contribution < -0.4 is 5.32 Å². The molecule has 0 amide bonds. The zero-order valence-corrected chi connectivity index (χ0v) is 15.4. The van der Waals surface area contributed by atoms with Crippen LogP contribution in [0.3, 0.4) is 0 Å². The highest BCUT2D eigenvalue weighted by molar-refractivity contribution is 7.89. The van der Waals surface area contributed by atoms with E-state index in [0.29, 0.717) is 25.0 Å². The maximum Gasteiger partial charge on any atom is 0.213 e. The summed E-state index contributed by atoms with van der Waals surface area (Å²) in [7, 11) is -3.01. The van der Waals surface area contributed by atoms with Crippen LogP contribution in [0.2, 0.25) is 0 Å². The first-order chi connectivity index (χ1) is 10.9. The number of sulfonamides is 1. The number of nitrogens with zero attached hydrogens (tertiary/aromatic N) is 1. The van der Waals surface area contributed by atoms with Crippen molar-refractivity contribution in [2.75, 3.05) is 25.4 Å². The summed E-state index contributed by atoms with van der Waals surface area (Å²) in [6.07, 6.45) is 2.84. The van der Waals surface area contributed by atoms with E-state index in [-0.39, 0.29) is 5.75 Å². The minimum absolute atomic E-state index is 0.206. The number of nitrogens with one attached hydrogen (secondary N) is 1. The van der Waals surface area contributed by atoms with Crippen LogP contribution in [0.4, 0.5) is 0 Å². The Balaban J connectivity index is 1.72. The van der Waals surface area contributed by atoms with Crippen molar-refractivity contribution in [3.05, 3.63) is 35.4 Å². The van der Waals surface area contributed by atoms with E-state index in [4.69, 9.17) is 0 Å². The summed E-state index contributed by atoms with van der Waals surface area (Å²) >= 11 is 0. The zero-order valence-electron chi connectivity index (χ0n) is 14.6. The van der Waals surface area contributed by atoms with E-state index in [1.165, 1.54) is 11.1 Å². The third kappa shape index (κ3) is 5.30. The topological polar surface area (TPSA) is 49.4 Å². The average Bonchev–Trinajstić information content (AvgIpc) is 2.56. The quantitative estimate of drug-likeness (QED) is 0.832. The van der Waals surface area contributed by atoms with Crippen LogP contribution in [-0.4, -0.2) is 44.2 Å². The molecule has 0 atom stereocenters. The van der Waals surface area contributed by atoms with E-state index < -0.39 is 10.0 Å². The minimum Gasteiger partial charge on any atom is -0.314 e. The Kier molecular flexibility index (Phi) is 6.62. The molecule has 4 nitrogen and oxygen atoms in total. The Bertz CT molecular complexity index is 574. The maximum absolute atomic E-state index is 11.8. The van der Waals surface area contributed by atoms with Gasteiger partial charge in [0.25, 0.3) is 0 Å². The zero-order chi connectivity index (χ0) is 16.9. The van der Waals surface area contributed by atoms with E-state index in [0.717, 1.165) is 25.8 Å². The summed E-state index contributed by atoms with van der Waals surface area (Å²) in [5.74, 6) is 0.782. The molecule has 0 radical (unpaired) electrons. The lowest BCUT2D eigenvalue weighted by atomic mass is 10.0. The van der Waals surface area contributed by atoms with Crippen molar-refractivity contribution in [2.24, 2.45) is 0 Å². The van der Waals surface area contributed by atoms with Gasteiger partial charge in [0.1, 0.15) is 0 Å². The fraction of sp³-hybridized carbons (Fsp3) is 0.667. The number of piperidine rings is 1. The van der Waals surface area contributed by atoms with Crippen molar-refractivity contribution in [1.29, 1.82) is 0 Å². The second-order valence-electron chi connectivity index (χ2n) is 6.67. The van der Waals surface area contributed by atoms with Gasteiger partial charge >= 0.3 is 0 Å². The summed E-state index contributed by atoms with van der Waals surface area (Å²) in [5.41, 5.74) is 2.74. The van der Waals surface area contributed by atoms with Gasteiger partial charge in [0.05, 0.1) is 5.75 Å². The van der Waals surface area contributed by atoms with Gasteiger partial charge in [-0.05, 0) is 49.8 Å². The summed E-state index contributed by atoms with van der Waals surface area (Å²) < 4.78 is 25.3. The molecule has 23 heavy (non-hydrogen) atoms. The predicted octanol–water partition coefficient (Wildman–Crippen LogP) is 2.76. The van der Waals surface area contributed by atoms with Crippen LogP contribution in [0.1, 0.15) is 50.7 Å².